The largest absolute Gasteiger partial charge is 0.506 e. The molecule has 8 nitrogen and oxygen atoms in total. The van der Waals surface area contributed by atoms with Gasteiger partial charge in [-0.3, -0.25) is 14.8 Å². The molecule has 0 radical (unpaired) electrons. The van der Waals surface area contributed by atoms with Gasteiger partial charge in [-0.1, -0.05) is 0 Å². The molecule has 1 aromatic carbocycles. The first-order valence-corrected chi connectivity index (χ1v) is 9.09. The summed E-state index contributed by atoms with van der Waals surface area (Å²) in [6.45, 7) is 1.75. The zero-order valence-corrected chi connectivity index (χ0v) is 16.2. The van der Waals surface area contributed by atoms with Crippen molar-refractivity contribution in [2.45, 2.75) is 19.6 Å². The summed E-state index contributed by atoms with van der Waals surface area (Å²) in [6, 6.07) is 6.85. The van der Waals surface area contributed by atoms with Crippen molar-refractivity contribution in [3.05, 3.63) is 77.3 Å². The zero-order valence-electron chi connectivity index (χ0n) is 14.1. The van der Waals surface area contributed by atoms with Crippen molar-refractivity contribution in [1.82, 2.24) is 14.5 Å². The third-order valence-corrected chi connectivity index (χ3v) is 5.21. The highest BCUT2D eigenvalue weighted by Gasteiger charge is 2.34. The highest BCUT2D eigenvalue weighted by Crippen LogP contribution is 2.42. The van der Waals surface area contributed by atoms with Crippen LogP contribution < -0.4 is 11.2 Å². The summed E-state index contributed by atoms with van der Waals surface area (Å²) < 4.78 is 7.61. The third-order valence-electron chi connectivity index (χ3n) is 4.49. The summed E-state index contributed by atoms with van der Waals surface area (Å²) in [5.41, 5.74) is 0.0782. The first kappa shape index (κ1) is 17.7. The Morgan fingerprint density at radius 1 is 1.22 bits per heavy atom. The molecule has 3 N–H and O–H groups in total. The van der Waals surface area contributed by atoms with E-state index in [4.69, 9.17) is 4.74 Å². The molecule has 27 heavy (non-hydrogen) atoms. The predicted molar refractivity (Wildman–Crippen MR) is 104 cm³/mol. The van der Waals surface area contributed by atoms with Gasteiger partial charge in [0.15, 0.2) is 0 Å². The lowest BCUT2D eigenvalue weighted by Gasteiger charge is -2.17. The van der Waals surface area contributed by atoms with Crippen LogP contribution in [0.3, 0.4) is 0 Å². The van der Waals surface area contributed by atoms with E-state index >= 15 is 0 Å². The maximum Gasteiger partial charge on any atom is 0.335 e. The molecule has 4 rings (SSSR count). The SMILES string of the molecule is Cc1ncc2c(c1O)[C@H](c1c(O)n(-c3ccc(I)cc3)c(=O)[nH]c1=O)OC2. The summed E-state index contributed by atoms with van der Waals surface area (Å²) in [6.07, 6.45) is 0.547. The Morgan fingerprint density at radius 3 is 2.63 bits per heavy atom. The number of benzene rings is 1. The molecule has 0 bridgehead atoms. The van der Waals surface area contributed by atoms with E-state index in [0.717, 1.165) is 8.14 Å². The van der Waals surface area contributed by atoms with Gasteiger partial charge in [0.1, 0.15) is 17.4 Å². The number of nitrogens with zero attached hydrogens (tertiary/aromatic N) is 2. The van der Waals surface area contributed by atoms with Crippen molar-refractivity contribution in [2.75, 3.05) is 0 Å². The van der Waals surface area contributed by atoms with Gasteiger partial charge in [0.05, 0.1) is 18.0 Å². The van der Waals surface area contributed by atoms with Gasteiger partial charge in [0.25, 0.3) is 5.56 Å². The molecule has 0 saturated heterocycles. The molecule has 1 aliphatic rings. The van der Waals surface area contributed by atoms with Crippen LogP contribution in [0.4, 0.5) is 0 Å². The number of nitrogens with one attached hydrogen (secondary N) is 1. The predicted octanol–water partition coefficient (Wildman–Crippen LogP) is 1.86. The monoisotopic (exact) mass is 479 g/mol. The second kappa shape index (κ2) is 6.50. The van der Waals surface area contributed by atoms with Crippen LogP contribution in [0.1, 0.15) is 28.5 Å². The van der Waals surface area contributed by atoms with Crippen molar-refractivity contribution < 1.29 is 14.9 Å². The molecule has 0 unspecified atom stereocenters. The number of rotatable bonds is 2. The standard InChI is InChI=1S/C18H14IN3O5/c1-8-14(23)12-9(6-20-8)7-27-15(12)13-16(24)21-18(26)22(17(13)25)11-4-2-10(19)3-5-11/h2-6,15,23,25H,7H2,1H3,(H,21,24,26)/t15-/m1/s1. The number of ether oxygens (including phenoxy) is 1. The van der Waals surface area contributed by atoms with E-state index in [2.05, 4.69) is 32.6 Å². The fourth-order valence-corrected chi connectivity index (χ4v) is 3.51. The number of hydrogen-bond acceptors (Lipinski definition) is 6. The van der Waals surface area contributed by atoms with Crippen LogP contribution in [0.15, 0.2) is 40.1 Å². The lowest BCUT2D eigenvalue weighted by Crippen LogP contribution is -2.32. The van der Waals surface area contributed by atoms with Crippen molar-refractivity contribution >= 4 is 22.6 Å². The van der Waals surface area contributed by atoms with E-state index in [0.29, 0.717) is 22.5 Å². The Labute approximate surface area is 166 Å². The molecule has 0 aliphatic carbocycles. The number of H-pyrrole nitrogens is 1. The van der Waals surface area contributed by atoms with Crippen molar-refractivity contribution in [3.8, 4) is 17.3 Å². The van der Waals surface area contributed by atoms with E-state index in [1.807, 2.05) is 0 Å². The highest BCUT2D eigenvalue weighted by atomic mass is 127. The number of fused-ring (bicyclic) bond motifs is 1. The normalized spacial score (nSPS) is 15.7. The van der Waals surface area contributed by atoms with Crippen molar-refractivity contribution in [1.29, 1.82) is 0 Å². The Balaban J connectivity index is 1.96. The number of halogens is 1. The van der Waals surface area contributed by atoms with Gasteiger partial charge < -0.3 is 14.9 Å². The molecule has 0 fully saturated rings. The van der Waals surface area contributed by atoms with Gasteiger partial charge in [-0.05, 0) is 53.8 Å². The topological polar surface area (TPSA) is 117 Å². The Kier molecular flexibility index (Phi) is 4.27. The second-order valence-electron chi connectivity index (χ2n) is 6.13. The molecule has 3 aromatic rings. The van der Waals surface area contributed by atoms with Crippen LogP contribution in [0, 0.1) is 10.5 Å². The van der Waals surface area contributed by atoms with Gasteiger partial charge in [0.2, 0.25) is 5.88 Å². The van der Waals surface area contributed by atoms with Crippen LogP contribution in [0.5, 0.6) is 11.6 Å². The fourth-order valence-electron chi connectivity index (χ4n) is 3.15. The molecule has 1 atom stereocenters. The van der Waals surface area contributed by atoms with Gasteiger partial charge in [-0.15, -0.1) is 0 Å². The average molecular weight is 479 g/mol. The maximum absolute atomic E-state index is 12.5. The first-order valence-electron chi connectivity index (χ1n) is 8.01. The van der Waals surface area contributed by atoms with Crippen LogP contribution >= 0.6 is 22.6 Å². The number of aromatic hydroxyl groups is 2. The van der Waals surface area contributed by atoms with Crippen molar-refractivity contribution in [3.63, 3.8) is 0 Å². The Bertz CT molecular complexity index is 1170. The Morgan fingerprint density at radius 2 is 1.93 bits per heavy atom. The van der Waals surface area contributed by atoms with E-state index in [1.165, 1.54) is 0 Å². The molecular formula is C18H14IN3O5. The average Bonchev–Trinajstić information content (AvgIpc) is 3.04. The molecule has 1 aliphatic heterocycles. The number of pyridine rings is 1. The molecule has 0 saturated carbocycles. The summed E-state index contributed by atoms with van der Waals surface area (Å²) in [5, 5.41) is 21.2. The number of aromatic amines is 1. The molecule has 2 aromatic heterocycles. The summed E-state index contributed by atoms with van der Waals surface area (Å²) >= 11 is 2.12. The minimum Gasteiger partial charge on any atom is -0.506 e. The molecule has 138 valence electrons. The summed E-state index contributed by atoms with van der Waals surface area (Å²) in [4.78, 5) is 31.1. The van der Waals surface area contributed by atoms with E-state index in [-0.39, 0.29) is 17.9 Å². The smallest absolute Gasteiger partial charge is 0.335 e. The second-order valence-corrected chi connectivity index (χ2v) is 7.38. The molecule has 0 spiro atoms. The van der Waals surface area contributed by atoms with Crippen LogP contribution in [-0.4, -0.2) is 24.7 Å². The van der Waals surface area contributed by atoms with Crippen LogP contribution in [-0.2, 0) is 11.3 Å². The maximum atomic E-state index is 12.5. The van der Waals surface area contributed by atoms with E-state index < -0.39 is 23.2 Å². The number of aryl methyl sites for hydroxylation is 1. The first-order chi connectivity index (χ1) is 12.9. The minimum atomic E-state index is -1.01. The van der Waals surface area contributed by atoms with Gasteiger partial charge in [0, 0.05) is 20.9 Å². The lowest BCUT2D eigenvalue weighted by atomic mass is 10.00. The van der Waals surface area contributed by atoms with Gasteiger partial charge in [-0.25, -0.2) is 9.36 Å². The van der Waals surface area contributed by atoms with Gasteiger partial charge in [-0.2, -0.15) is 0 Å². The van der Waals surface area contributed by atoms with Crippen molar-refractivity contribution in [2.24, 2.45) is 0 Å². The third kappa shape index (κ3) is 2.82. The van der Waals surface area contributed by atoms with E-state index in [9.17, 15) is 19.8 Å². The number of aromatic nitrogens is 3. The molecule has 0 amide bonds. The lowest BCUT2D eigenvalue weighted by molar-refractivity contribution is 0.0891. The van der Waals surface area contributed by atoms with Crippen LogP contribution in [0.25, 0.3) is 5.69 Å². The van der Waals surface area contributed by atoms with E-state index in [1.54, 1.807) is 37.4 Å². The van der Waals surface area contributed by atoms with Crippen LogP contribution in [0.2, 0.25) is 0 Å². The minimum absolute atomic E-state index is 0.0965. The molecule has 9 heteroatoms. The fraction of sp³-hybridized carbons (Fsp3) is 0.167. The molecule has 3 heterocycles. The Hall–Kier alpha value is -2.66. The van der Waals surface area contributed by atoms with Gasteiger partial charge >= 0.3 is 5.69 Å². The molecular weight excluding hydrogens is 465 g/mol. The summed E-state index contributed by atoms with van der Waals surface area (Å²) in [7, 11) is 0. The highest BCUT2D eigenvalue weighted by molar-refractivity contribution is 14.1. The summed E-state index contributed by atoms with van der Waals surface area (Å²) in [5.74, 6) is -0.627. The quantitative estimate of drug-likeness (QED) is 0.484. The zero-order chi connectivity index (χ0) is 19.3. The number of hydrogen-bond donors (Lipinski definition) is 3.